The summed E-state index contributed by atoms with van der Waals surface area (Å²) in [5, 5.41) is 3.34. The number of hydrogen-bond acceptors (Lipinski definition) is 2. The summed E-state index contributed by atoms with van der Waals surface area (Å²) in [5.41, 5.74) is 0. The van der Waals surface area contributed by atoms with Crippen molar-refractivity contribution in [1.29, 1.82) is 0 Å². The molecule has 1 aromatic heterocycles. The van der Waals surface area contributed by atoms with E-state index < -0.39 is 0 Å². The number of nitrogens with one attached hydrogen (secondary N) is 1. The van der Waals surface area contributed by atoms with E-state index in [0.717, 1.165) is 6.54 Å². The first kappa shape index (κ1) is 10.7. The Kier molecular flexibility index (Phi) is 5.01. The van der Waals surface area contributed by atoms with Crippen molar-refractivity contribution in [1.82, 2.24) is 9.88 Å². The van der Waals surface area contributed by atoms with Crippen LogP contribution in [0.4, 0.5) is 0 Å². The third-order valence-corrected chi connectivity index (χ3v) is 2.82. The van der Waals surface area contributed by atoms with Crippen molar-refractivity contribution in [2.24, 2.45) is 0 Å². The summed E-state index contributed by atoms with van der Waals surface area (Å²) in [4.78, 5) is 0. The fraction of sp³-hybridized carbons (Fsp3) is 0.600. The molecule has 0 bridgehead atoms. The highest BCUT2D eigenvalue weighted by molar-refractivity contribution is 7.98. The molecule has 1 heterocycles. The summed E-state index contributed by atoms with van der Waals surface area (Å²) in [6.07, 6.45) is 7.62. The highest BCUT2D eigenvalue weighted by atomic mass is 32.2. The summed E-state index contributed by atoms with van der Waals surface area (Å²) in [5.74, 6) is 1.23. The lowest BCUT2D eigenvalue weighted by Gasteiger charge is -2.16. The van der Waals surface area contributed by atoms with Crippen LogP contribution in [0.15, 0.2) is 24.5 Å². The molecule has 0 amide bonds. The third kappa shape index (κ3) is 3.87. The lowest BCUT2D eigenvalue weighted by molar-refractivity contribution is 0.473. The van der Waals surface area contributed by atoms with Gasteiger partial charge in [0.2, 0.25) is 0 Å². The van der Waals surface area contributed by atoms with Crippen molar-refractivity contribution in [3.63, 3.8) is 0 Å². The maximum atomic E-state index is 3.34. The molecule has 1 rings (SSSR count). The Morgan fingerprint density at radius 3 is 2.62 bits per heavy atom. The van der Waals surface area contributed by atoms with E-state index in [1.54, 1.807) is 0 Å². The lowest BCUT2D eigenvalue weighted by Crippen LogP contribution is -2.30. The molecular weight excluding hydrogens is 180 g/mol. The van der Waals surface area contributed by atoms with Gasteiger partial charge in [-0.1, -0.05) is 0 Å². The fourth-order valence-corrected chi connectivity index (χ4v) is 1.85. The van der Waals surface area contributed by atoms with Crippen LogP contribution in [0.2, 0.25) is 0 Å². The highest BCUT2D eigenvalue weighted by Gasteiger charge is 2.04. The topological polar surface area (TPSA) is 17.0 Å². The number of nitrogens with zero attached hydrogens (tertiary/aromatic N) is 1. The largest absolute Gasteiger partial charge is 0.353 e. The second-order valence-corrected chi connectivity index (χ2v) is 4.13. The molecule has 0 spiro atoms. The lowest BCUT2D eigenvalue weighted by atomic mass is 10.2. The highest BCUT2D eigenvalue weighted by Crippen LogP contribution is 2.03. The standard InChI is InChI=1S/C10H18N2S/c1-11-10(5-8-13-2)9-12-6-3-4-7-12/h3-4,6-7,10-11H,5,8-9H2,1-2H3/t10-/m0/s1. The van der Waals surface area contributed by atoms with Crippen LogP contribution < -0.4 is 5.32 Å². The first-order valence-corrected chi connectivity index (χ1v) is 6.03. The van der Waals surface area contributed by atoms with Gasteiger partial charge in [0.25, 0.3) is 0 Å². The monoisotopic (exact) mass is 198 g/mol. The molecule has 0 aliphatic heterocycles. The van der Waals surface area contributed by atoms with Crippen molar-refractivity contribution >= 4 is 11.8 Å². The van der Waals surface area contributed by atoms with Gasteiger partial charge in [0.15, 0.2) is 0 Å². The third-order valence-electron chi connectivity index (χ3n) is 2.18. The van der Waals surface area contributed by atoms with Gasteiger partial charge in [0.05, 0.1) is 0 Å². The molecule has 0 saturated carbocycles. The van der Waals surface area contributed by atoms with E-state index in [9.17, 15) is 0 Å². The second kappa shape index (κ2) is 6.11. The Labute approximate surface area is 84.7 Å². The smallest absolute Gasteiger partial charge is 0.0373 e. The first-order valence-electron chi connectivity index (χ1n) is 4.63. The molecule has 0 aliphatic carbocycles. The van der Waals surface area contributed by atoms with Gasteiger partial charge < -0.3 is 9.88 Å². The molecule has 0 radical (unpaired) electrons. The zero-order valence-corrected chi connectivity index (χ0v) is 9.18. The predicted molar refractivity (Wildman–Crippen MR) is 60.3 cm³/mol. The van der Waals surface area contributed by atoms with Gasteiger partial charge in [-0.2, -0.15) is 11.8 Å². The molecule has 3 heteroatoms. The van der Waals surface area contributed by atoms with Gasteiger partial charge in [-0.05, 0) is 37.6 Å². The van der Waals surface area contributed by atoms with Gasteiger partial charge >= 0.3 is 0 Å². The molecule has 1 N–H and O–H groups in total. The van der Waals surface area contributed by atoms with Crippen molar-refractivity contribution < 1.29 is 0 Å². The number of likely N-dealkylation sites (N-methyl/N-ethyl adjacent to an activating group) is 1. The first-order chi connectivity index (χ1) is 6.36. The van der Waals surface area contributed by atoms with Crippen LogP contribution in [0.5, 0.6) is 0 Å². The molecule has 2 nitrogen and oxygen atoms in total. The summed E-state index contributed by atoms with van der Waals surface area (Å²) in [6, 6.07) is 4.74. The van der Waals surface area contributed by atoms with E-state index in [4.69, 9.17) is 0 Å². The van der Waals surface area contributed by atoms with Crippen LogP contribution >= 0.6 is 11.8 Å². The maximum absolute atomic E-state index is 3.34. The van der Waals surface area contributed by atoms with Crippen LogP contribution in [-0.2, 0) is 6.54 Å². The molecule has 13 heavy (non-hydrogen) atoms. The SMILES string of the molecule is CN[C@@H](CCSC)Cn1cccc1. The maximum Gasteiger partial charge on any atom is 0.0373 e. The number of thioether (sulfide) groups is 1. The van der Waals surface area contributed by atoms with Gasteiger partial charge in [0.1, 0.15) is 0 Å². The average molecular weight is 198 g/mol. The van der Waals surface area contributed by atoms with Crippen molar-refractivity contribution in [2.75, 3.05) is 19.1 Å². The van der Waals surface area contributed by atoms with Crippen LogP contribution in [0, 0.1) is 0 Å². The summed E-state index contributed by atoms with van der Waals surface area (Å²) >= 11 is 1.91. The predicted octanol–water partition coefficient (Wildman–Crippen LogP) is 1.83. The minimum atomic E-state index is 0.597. The van der Waals surface area contributed by atoms with E-state index in [1.807, 2.05) is 18.8 Å². The van der Waals surface area contributed by atoms with E-state index in [2.05, 4.69) is 40.7 Å². The zero-order valence-electron chi connectivity index (χ0n) is 8.36. The Morgan fingerprint density at radius 2 is 2.08 bits per heavy atom. The summed E-state index contributed by atoms with van der Waals surface area (Å²) in [6.45, 7) is 1.07. The molecular formula is C10H18N2S. The fourth-order valence-electron chi connectivity index (χ4n) is 1.33. The van der Waals surface area contributed by atoms with Crippen molar-refractivity contribution in [3.05, 3.63) is 24.5 Å². The molecule has 74 valence electrons. The Balaban J connectivity index is 2.31. The summed E-state index contributed by atoms with van der Waals surface area (Å²) in [7, 11) is 2.04. The molecule has 1 atom stereocenters. The normalized spacial score (nSPS) is 13.1. The van der Waals surface area contributed by atoms with Crippen LogP contribution in [0.1, 0.15) is 6.42 Å². The van der Waals surface area contributed by atoms with Crippen molar-refractivity contribution in [3.8, 4) is 0 Å². The molecule has 0 fully saturated rings. The van der Waals surface area contributed by atoms with E-state index in [1.165, 1.54) is 12.2 Å². The van der Waals surface area contributed by atoms with E-state index in [-0.39, 0.29) is 0 Å². The quantitative estimate of drug-likeness (QED) is 0.751. The number of rotatable bonds is 6. The van der Waals surface area contributed by atoms with Gasteiger partial charge in [-0.15, -0.1) is 0 Å². The summed E-state index contributed by atoms with van der Waals surface area (Å²) < 4.78 is 2.22. The Hall–Kier alpha value is -0.410. The Bertz CT molecular complexity index is 209. The zero-order chi connectivity index (χ0) is 9.52. The average Bonchev–Trinajstić information content (AvgIpc) is 2.64. The van der Waals surface area contributed by atoms with Gasteiger partial charge in [-0.3, -0.25) is 0 Å². The second-order valence-electron chi connectivity index (χ2n) is 3.15. The molecule has 0 unspecified atom stereocenters. The molecule has 0 saturated heterocycles. The van der Waals surface area contributed by atoms with E-state index in [0.29, 0.717) is 6.04 Å². The minimum absolute atomic E-state index is 0.597. The molecule has 0 aliphatic rings. The van der Waals surface area contributed by atoms with Crippen LogP contribution in [-0.4, -0.2) is 29.7 Å². The van der Waals surface area contributed by atoms with Gasteiger partial charge in [0, 0.05) is 25.0 Å². The number of hydrogen-bond donors (Lipinski definition) is 1. The Morgan fingerprint density at radius 1 is 1.38 bits per heavy atom. The molecule has 0 aromatic carbocycles. The van der Waals surface area contributed by atoms with Gasteiger partial charge in [-0.25, -0.2) is 0 Å². The van der Waals surface area contributed by atoms with Crippen LogP contribution in [0.25, 0.3) is 0 Å². The molecule has 1 aromatic rings. The minimum Gasteiger partial charge on any atom is -0.353 e. The number of aromatic nitrogens is 1. The van der Waals surface area contributed by atoms with E-state index >= 15 is 0 Å². The van der Waals surface area contributed by atoms with Crippen LogP contribution in [0.3, 0.4) is 0 Å². The van der Waals surface area contributed by atoms with Crippen molar-refractivity contribution in [2.45, 2.75) is 19.0 Å².